The highest BCUT2D eigenvalue weighted by Gasteiger charge is 2.15. The van der Waals surface area contributed by atoms with E-state index in [4.69, 9.17) is 25.7 Å². The van der Waals surface area contributed by atoms with Crippen molar-refractivity contribution in [2.24, 2.45) is 0 Å². The molecule has 166 valence electrons. The fraction of sp³-hybridized carbons (Fsp3) is 0.304. The normalized spacial score (nSPS) is 11.5. The molecule has 2 aromatic carbocycles. The second-order valence-corrected chi connectivity index (χ2v) is 8.82. The van der Waals surface area contributed by atoms with Crippen molar-refractivity contribution in [3.8, 4) is 11.5 Å². The van der Waals surface area contributed by atoms with Gasteiger partial charge in [0.2, 0.25) is 11.8 Å². The molecule has 0 aliphatic rings. The zero-order valence-corrected chi connectivity index (χ0v) is 19.4. The zero-order chi connectivity index (χ0) is 22.5. The van der Waals surface area contributed by atoms with E-state index < -0.39 is 0 Å². The van der Waals surface area contributed by atoms with Gasteiger partial charge in [-0.05, 0) is 50.6 Å². The Hall–Kier alpha value is -2.68. The smallest absolute Gasteiger partial charge is 0.262 e. The Kier molecular flexibility index (Phi) is 7.24. The third-order valence-corrected chi connectivity index (χ3v) is 5.87. The van der Waals surface area contributed by atoms with Gasteiger partial charge in [0.15, 0.2) is 5.16 Å². The molecule has 2 heterocycles. The van der Waals surface area contributed by atoms with Crippen LogP contribution in [-0.4, -0.2) is 32.5 Å². The minimum absolute atomic E-state index is 0.103. The minimum atomic E-state index is -0.103. The number of thioether (sulfide) groups is 1. The average molecular weight is 471 g/mol. The van der Waals surface area contributed by atoms with E-state index in [0.717, 1.165) is 5.56 Å². The van der Waals surface area contributed by atoms with Gasteiger partial charge < -0.3 is 9.15 Å². The maximum atomic E-state index is 13.2. The second-order valence-electron chi connectivity index (χ2n) is 7.44. The van der Waals surface area contributed by atoms with Gasteiger partial charge in [-0.3, -0.25) is 9.36 Å². The van der Waals surface area contributed by atoms with E-state index in [0.29, 0.717) is 58.2 Å². The Morgan fingerprint density at radius 1 is 1.16 bits per heavy atom. The lowest BCUT2D eigenvalue weighted by atomic mass is 10.2. The fourth-order valence-electron chi connectivity index (χ4n) is 3.16. The predicted octanol–water partition coefficient (Wildman–Crippen LogP) is 5.21. The molecule has 0 saturated heterocycles. The van der Waals surface area contributed by atoms with Crippen LogP contribution in [0.15, 0.2) is 62.9 Å². The molecule has 0 bridgehead atoms. The number of halogens is 1. The molecule has 0 atom stereocenters. The highest BCUT2D eigenvalue weighted by molar-refractivity contribution is 7.98. The molecule has 4 aromatic rings. The van der Waals surface area contributed by atoms with Crippen molar-refractivity contribution < 1.29 is 9.15 Å². The van der Waals surface area contributed by atoms with E-state index in [-0.39, 0.29) is 11.7 Å². The Balaban J connectivity index is 1.58. The van der Waals surface area contributed by atoms with E-state index in [1.54, 1.807) is 22.8 Å². The summed E-state index contributed by atoms with van der Waals surface area (Å²) in [5, 5.41) is 9.91. The molecule has 9 heteroatoms. The molecule has 7 nitrogen and oxygen atoms in total. The lowest BCUT2D eigenvalue weighted by molar-refractivity contribution is 0.0743. The van der Waals surface area contributed by atoms with Crippen molar-refractivity contribution in [2.75, 3.05) is 6.61 Å². The maximum Gasteiger partial charge on any atom is 0.262 e. The Morgan fingerprint density at radius 2 is 1.97 bits per heavy atom. The third-order valence-electron chi connectivity index (χ3n) is 4.67. The van der Waals surface area contributed by atoms with Gasteiger partial charge in [-0.2, -0.15) is 0 Å². The number of rotatable bonds is 9. The first-order valence-electron chi connectivity index (χ1n) is 10.3. The summed E-state index contributed by atoms with van der Waals surface area (Å²) >= 11 is 7.50. The molecule has 0 saturated carbocycles. The fourth-order valence-corrected chi connectivity index (χ4v) is 4.19. The van der Waals surface area contributed by atoms with Gasteiger partial charge in [-0.25, -0.2) is 4.98 Å². The maximum absolute atomic E-state index is 13.2. The minimum Gasteiger partial charge on any atom is -0.420 e. The monoisotopic (exact) mass is 470 g/mol. The van der Waals surface area contributed by atoms with E-state index in [1.807, 2.05) is 44.2 Å². The van der Waals surface area contributed by atoms with Crippen molar-refractivity contribution in [1.82, 2.24) is 19.7 Å². The summed E-state index contributed by atoms with van der Waals surface area (Å²) in [7, 11) is 0. The summed E-state index contributed by atoms with van der Waals surface area (Å²) in [6, 6.07) is 14.7. The van der Waals surface area contributed by atoms with Crippen LogP contribution in [0.4, 0.5) is 0 Å². The van der Waals surface area contributed by atoms with Crippen molar-refractivity contribution in [2.45, 2.75) is 43.8 Å². The highest BCUT2D eigenvalue weighted by Crippen LogP contribution is 2.25. The molecule has 32 heavy (non-hydrogen) atoms. The molecule has 0 spiro atoms. The van der Waals surface area contributed by atoms with Crippen LogP contribution in [0.1, 0.15) is 26.2 Å². The molecule has 0 fully saturated rings. The van der Waals surface area contributed by atoms with Gasteiger partial charge in [0, 0.05) is 23.7 Å². The van der Waals surface area contributed by atoms with Crippen molar-refractivity contribution in [3.05, 3.63) is 69.8 Å². The summed E-state index contributed by atoms with van der Waals surface area (Å²) in [4.78, 5) is 17.9. The molecule has 0 amide bonds. The lowest BCUT2D eigenvalue weighted by Gasteiger charge is -2.13. The van der Waals surface area contributed by atoms with E-state index >= 15 is 0 Å². The van der Waals surface area contributed by atoms with Crippen LogP contribution in [0.2, 0.25) is 5.02 Å². The summed E-state index contributed by atoms with van der Waals surface area (Å²) in [6.07, 6.45) is 0.847. The summed E-state index contributed by atoms with van der Waals surface area (Å²) in [6.45, 7) is 5.04. The predicted molar refractivity (Wildman–Crippen MR) is 126 cm³/mol. The third kappa shape index (κ3) is 5.38. The van der Waals surface area contributed by atoms with Crippen LogP contribution in [0, 0.1) is 0 Å². The SMILES string of the molecule is CC(C)OCCCn1c(SCc2nnc(-c3ccccc3)o2)nc2cc(Cl)ccc2c1=O. The second kappa shape index (κ2) is 10.3. The number of ether oxygens (including phenoxy) is 1. The number of hydrogen-bond donors (Lipinski definition) is 0. The topological polar surface area (TPSA) is 83.0 Å². The van der Waals surface area contributed by atoms with Crippen LogP contribution in [0.3, 0.4) is 0 Å². The van der Waals surface area contributed by atoms with Crippen LogP contribution in [-0.2, 0) is 17.0 Å². The molecule has 2 aromatic heterocycles. The lowest BCUT2D eigenvalue weighted by Crippen LogP contribution is -2.24. The van der Waals surface area contributed by atoms with Gasteiger partial charge >= 0.3 is 0 Å². The van der Waals surface area contributed by atoms with Gasteiger partial charge in [0.25, 0.3) is 5.56 Å². The molecule has 0 radical (unpaired) electrons. The summed E-state index contributed by atoms with van der Waals surface area (Å²) < 4.78 is 13.1. The molecule has 4 rings (SSSR count). The van der Waals surface area contributed by atoms with E-state index in [2.05, 4.69) is 10.2 Å². The summed E-state index contributed by atoms with van der Waals surface area (Å²) in [5.41, 5.74) is 1.32. The Bertz CT molecular complexity index is 1260. The summed E-state index contributed by atoms with van der Waals surface area (Å²) in [5.74, 6) is 1.31. The first kappa shape index (κ1) is 22.5. The average Bonchev–Trinajstić information content (AvgIpc) is 3.26. The van der Waals surface area contributed by atoms with Gasteiger partial charge in [-0.1, -0.05) is 41.6 Å². The first-order valence-corrected chi connectivity index (χ1v) is 11.7. The molecule has 0 aliphatic heterocycles. The van der Waals surface area contributed by atoms with Gasteiger partial charge in [0.1, 0.15) is 0 Å². The quantitative estimate of drug-likeness (QED) is 0.189. The van der Waals surface area contributed by atoms with E-state index in [9.17, 15) is 4.79 Å². The Labute approximate surface area is 194 Å². The molecular weight excluding hydrogens is 448 g/mol. The Morgan fingerprint density at radius 3 is 2.75 bits per heavy atom. The zero-order valence-electron chi connectivity index (χ0n) is 17.8. The number of nitrogens with zero attached hydrogens (tertiary/aromatic N) is 4. The molecule has 0 unspecified atom stereocenters. The number of hydrogen-bond acceptors (Lipinski definition) is 7. The molecular formula is C23H23ClN4O3S. The van der Waals surface area contributed by atoms with Crippen molar-refractivity contribution in [3.63, 3.8) is 0 Å². The first-order chi connectivity index (χ1) is 15.5. The highest BCUT2D eigenvalue weighted by atomic mass is 35.5. The largest absolute Gasteiger partial charge is 0.420 e. The number of fused-ring (bicyclic) bond motifs is 1. The van der Waals surface area contributed by atoms with Crippen LogP contribution in [0.25, 0.3) is 22.4 Å². The van der Waals surface area contributed by atoms with E-state index in [1.165, 1.54) is 11.8 Å². The van der Waals surface area contributed by atoms with Gasteiger partial charge in [0.05, 0.1) is 22.8 Å². The number of benzene rings is 2. The molecule has 0 aliphatic carbocycles. The molecule has 0 N–H and O–H groups in total. The standard InChI is InChI=1S/C23H23ClN4O3S/c1-15(2)30-12-6-11-28-22(29)18-10-9-17(24)13-19(18)25-23(28)32-14-20-26-27-21(31-20)16-7-4-3-5-8-16/h3-5,7-10,13,15H,6,11-12,14H2,1-2H3. The van der Waals surface area contributed by atoms with Crippen molar-refractivity contribution in [1.29, 1.82) is 0 Å². The van der Waals surface area contributed by atoms with Crippen LogP contribution >= 0.6 is 23.4 Å². The van der Waals surface area contributed by atoms with Crippen LogP contribution < -0.4 is 5.56 Å². The number of aromatic nitrogens is 4. The van der Waals surface area contributed by atoms with Crippen molar-refractivity contribution >= 4 is 34.3 Å². The van der Waals surface area contributed by atoms with Gasteiger partial charge in [-0.15, -0.1) is 10.2 Å². The van der Waals surface area contributed by atoms with Crippen LogP contribution in [0.5, 0.6) is 0 Å².